The number of hydrogen-bond donors (Lipinski definition) is 0. The van der Waals surface area contributed by atoms with Crippen molar-refractivity contribution in [1.82, 2.24) is 0 Å². The summed E-state index contributed by atoms with van der Waals surface area (Å²) in [5, 5.41) is 0. The van der Waals surface area contributed by atoms with E-state index >= 15 is 0 Å². The van der Waals surface area contributed by atoms with E-state index < -0.39 is 0 Å². The molecule has 0 aliphatic heterocycles. The zero-order valence-electron chi connectivity index (χ0n) is 13.1. The fraction of sp³-hybridized carbons (Fsp3) is 0.316. The Morgan fingerprint density at radius 2 is 1.81 bits per heavy atom. The molecule has 0 aromatic heterocycles. The van der Waals surface area contributed by atoms with E-state index in [1.807, 2.05) is 24.3 Å². The number of hydrogen-bond acceptors (Lipinski definition) is 2. The Morgan fingerprint density at radius 1 is 1.14 bits per heavy atom. The van der Waals surface area contributed by atoms with Crippen LogP contribution in [0.5, 0.6) is 0 Å². The standard InChI is InChI=1S/C19H22O2/c1-13(2)19-17(10-11-18(19)21-15(4)20)14(3)12-16-8-6-5-7-9-16/h5-9,11-12,17H,10H2,1-4H3/b14-12+. The van der Waals surface area contributed by atoms with E-state index in [1.54, 1.807) is 0 Å². The van der Waals surface area contributed by atoms with Crippen LogP contribution in [0.1, 0.15) is 39.7 Å². The molecule has 110 valence electrons. The molecule has 1 aliphatic carbocycles. The smallest absolute Gasteiger partial charge is 0.308 e. The van der Waals surface area contributed by atoms with E-state index in [2.05, 4.69) is 39.0 Å². The molecule has 0 heterocycles. The number of ether oxygens (including phenoxy) is 1. The molecule has 1 aromatic rings. The monoisotopic (exact) mass is 282 g/mol. The molecule has 2 heteroatoms. The highest BCUT2D eigenvalue weighted by molar-refractivity contribution is 5.69. The van der Waals surface area contributed by atoms with Gasteiger partial charge in [-0.05, 0) is 38.8 Å². The lowest BCUT2D eigenvalue weighted by molar-refractivity contribution is -0.136. The molecule has 0 saturated carbocycles. The minimum Gasteiger partial charge on any atom is -0.427 e. The maximum absolute atomic E-state index is 11.2. The molecule has 1 unspecified atom stereocenters. The van der Waals surface area contributed by atoms with Gasteiger partial charge in [0.15, 0.2) is 0 Å². The predicted molar refractivity (Wildman–Crippen MR) is 86.4 cm³/mol. The molecule has 0 fully saturated rings. The van der Waals surface area contributed by atoms with Crippen LogP contribution in [0, 0.1) is 5.92 Å². The summed E-state index contributed by atoms with van der Waals surface area (Å²) in [7, 11) is 0. The normalized spacial score (nSPS) is 18.5. The lowest BCUT2D eigenvalue weighted by Gasteiger charge is -2.17. The summed E-state index contributed by atoms with van der Waals surface area (Å²) in [6.45, 7) is 7.73. The summed E-state index contributed by atoms with van der Waals surface area (Å²) in [5.74, 6) is 0.767. The van der Waals surface area contributed by atoms with Crippen molar-refractivity contribution in [2.24, 2.45) is 5.92 Å². The van der Waals surface area contributed by atoms with Crippen LogP contribution in [-0.2, 0) is 9.53 Å². The van der Waals surface area contributed by atoms with Crippen LogP contribution >= 0.6 is 0 Å². The molecule has 0 radical (unpaired) electrons. The van der Waals surface area contributed by atoms with Crippen molar-refractivity contribution >= 4 is 12.0 Å². The van der Waals surface area contributed by atoms with E-state index in [4.69, 9.17) is 4.74 Å². The lowest BCUT2D eigenvalue weighted by Crippen LogP contribution is -2.07. The summed E-state index contributed by atoms with van der Waals surface area (Å²) >= 11 is 0. The van der Waals surface area contributed by atoms with Gasteiger partial charge in [-0.2, -0.15) is 0 Å². The largest absolute Gasteiger partial charge is 0.427 e. The molecule has 2 nitrogen and oxygen atoms in total. The van der Waals surface area contributed by atoms with E-state index in [0.29, 0.717) is 5.92 Å². The van der Waals surface area contributed by atoms with Crippen molar-refractivity contribution in [1.29, 1.82) is 0 Å². The second kappa shape index (κ2) is 6.57. The van der Waals surface area contributed by atoms with Gasteiger partial charge in [0.1, 0.15) is 5.76 Å². The topological polar surface area (TPSA) is 26.3 Å². The van der Waals surface area contributed by atoms with E-state index in [9.17, 15) is 4.79 Å². The Bertz CT molecular complexity index is 614. The third-order valence-electron chi connectivity index (χ3n) is 3.69. The molecule has 0 bridgehead atoms. The summed E-state index contributed by atoms with van der Waals surface area (Å²) in [6.07, 6.45) is 5.12. The molecule has 0 saturated heterocycles. The number of rotatable bonds is 3. The van der Waals surface area contributed by atoms with Crippen LogP contribution in [0.4, 0.5) is 0 Å². The van der Waals surface area contributed by atoms with Crippen LogP contribution in [-0.4, -0.2) is 5.97 Å². The highest BCUT2D eigenvalue weighted by atomic mass is 16.5. The fourth-order valence-electron chi connectivity index (χ4n) is 2.80. The average Bonchev–Trinajstić information content (AvgIpc) is 2.83. The van der Waals surface area contributed by atoms with Gasteiger partial charge in [-0.15, -0.1) is 0 Å². The van der Waals surface area contributed by atoms with Crippen molar-refractivity contribution in [3.8, 4) is 0 Å². The lowest BCUT2D eigenvalue weighted by atomic mass is 9.89. The van der Waals surface area contributed by atoms with Crippen molar-refractivity contribution in [3.63, 3.8) is 0 Å². The third kappa shape index (κ3) is 3.72. The Kier molecular flexibility index (Phi) is 4.79. The molecule has 0 amide bonds. The molecule has 1 aromatic carbocycles. The van der Waals surface area contributed by atoms with Gasteiger partial charge in [-0.3, -0.25) is 4.79 Å². The number of esters is 1. The maximum Gasteiger partial charge on any atom is 0.308 e. The highest BCUT2D eigenvalue weighted by Crippen LogP contribution is 2.39. The second-order valence-corrected chi connectivity index (χ2v) is 5.66. The third-order valence-corrected chi connectivity index (χ3v) is 3.69. The molecular weight excluding hydrogens is 260 g/mol. The van der Waals surface area contributed by atoms with Gasteiger partial charge in [0.25, 0.3) is 0 Å². The Balaban J connectivity index is 2.27. The van der Waals surface area contributed by atoms with Crippen LogP contribution in [0.2, 0.25) is 0 Å². The van der Waals surface area contributed by atoms with Gasteiger partial charge >= 0.3 is 5.97 Å². The first-order valence-electron chi connectivity index (χ1n) is 7.28. The first-order valence-corrected chi connectivity index (χ1v) is 7.28. The molecule has 1 aliphatic rings. The van der Waals surface area contributed by atoms with Crippen LogP contribution in [0.3, 0.4) is 0 Å². The van der Waals surface area contributed by atoms with Gasteiger partial charge in [0.2, 0.25) is 0 Å². The van der Waals surface area contributed by atoms with Gasteiger partial charge in [0, 0.05) is 18.4 Å². The van der Waals surface area contributed by atoms with E-state index in [1.165, 1.54) is 23.6 Å². The fourth-order valence-corrected chi connectivity index (χ4v) is 2.80. The summed E-state index contributed by atoms with van der Waals surface area (Å²) in [6, 6.07) is 10.3. The number of benzene rings is 1. The maximum atomic E-state index is 11.2. The minimum atomic E-state index is -0.259. The van der Waals surface area contributed by atoms with E-state index in [-0.39, 0.29) is 5.97 Å². The molecule has 2 rings (SSSR count). The molecule has 1 atom stereocenters. The van der Waals surface area contributed by atoms with Crippen LogP contribution < -0.4 is 0 Å². The average molecular weight is 282 g/mol. The Labute approximate surface area is 126 Å². The highest BCUT2D eigenvalue weighted by Gasteiger charge is 2.27. The quantitative estimate of drug-likeness (QED) is 0.737. The van der Waals surface area contributed by atoms with Crippen LogP contribution in [0.15, 0.2) is 58.9 Å². The van der Waals surface area contributed by atoms with Crippen molar-refractivity contribution < 1.29 is 9.53 Å². The summed E-state index contributed by atoms with van der Waals surface area (Å²) < 4.78 is 5.35. The van der Waals surface area contributed by atoms with Crippen LogP contribution in [0.25, 0.3) is 6.08 Å². The Hall–Kier alpha value is -2.09. The van der Waals surface area contributed by atoms with Crippen molar-refractivity contribution in [2.45, 2.75) is 34.1 Å². The molecule has 0 N–H and O–H groups in total. The molecule has 21 heavy (non-hydrogen) atoms. The zero-order chi connectivity index (χ0) is 15.4. The van der Waals surface area contributed by atoms with Gasteiger partial charge < -0.3 is 4.74 Å². The predicted octanol–water partition coefficient (Wildman–Crippen LogP) is 4.89. The number of carbonyl (C=O) groups is 1. The zero-order valence-corrected chi connectivity index (χ0v) is 13.1. The summed E-state index contributed by atoms with van der Waals surface area (Å²) in [5.41, 5.74) is 4.83. The van der Waals surface area contributed by atoms with E-state index in [0.717, 1.165) is 17.8 Å². The van der Waals surface area contributed by atoms with Gasteiger partial charge in [-0.25, -0.2) is 0 Å². The second-order valence-electron chi connectivity index (χ2n) is 5.66. The first kappa shape index (κ1) is 15.3. The number of carbonyl (C=O) groups excluding carboxylic acids is 1. The Morgan fingerprint density at radius 3 is 2.38 bits per heavy atom. The summed E-state index contributed by atoms with van der Waals surface area (Å²) in [4.78, 5) is 11.2. The number of allylic oxidation sites excluding steroid dienone is 4. The SMILES string of the molecule is CC(=O)OC1=CCC(/C(C)=C/c2ccccc2)C1=C(C)C. The molecular formula is C19H22O2. The van der Waals surface area contributed by atoms with Gasteiger partial charge in [0.05, 0.1) is 0 Å². The van der Waals surface area contributed by atoms with Crippen molar-refractivity contribution in [2.75, 3.05) is 0 Å². The first-order chi connectivity index (χ1) is 9.99. The molecule has 0 spiro atoms. The minimum absolute atomic E-state index is 0.259. The van der Waals surface area contributed by atoms with Gasteiger partial charge in [-0.1, -0.05) is 47.6 Å². The van der Waals surface area contributed by atoms with Crippen molar-refractivity contribution in [3.05, 3.63) is 64.4 Å².